The fourth-order valence-corrected chi connectivity index (χ4v) is 5.13. The first-order chi connectivity index (χ1) is 11.9. The Kier molecular flexibility index (Phi) is 4.23. The van der Waals surface area contributed by atoms with E-state index in [9.17, 15) is 18.0 Å². The van der Waals surface area contributed by atoms with Crippen molar-refractivity contribution >= 4 is 33.7 Å². The maximum atomic E-state index is 12.8. The minimum Gasteiger partial charge on any atom is -0.347 e. The number of amides is 1. The topological polar surface area (TPSA) is 36.4 Å². The first-order valence-electron chi connectivity index (χ1n) is 8.03. The number of thiazole rings is 1. The summed E-state index contributed by atoms with van der Waals surface area (Å²) in [5.74, 6) is -0.0645. The molecule has 2 aromatic rings. The number of carbonyl (C=O) groups excluding carboxylic acids is 1. The number of rotatable bonds is 2. The van der Waals surface area contributed by atoms with Crippen molar-refractivity contribution in [2.45, 2.75) is 25.6 Å². The van der Waals surface area contributed by atoms with Gasteiger partial charge in [0.2, 0.25) is 5.91 Å². The molecule has 134 valence electrons. The van der Waals surface area contributed by atoms with Crippen LogP contribution in [0, 0.1) is 5.92 Å². The molecule has 0 spiro atoms. The summed E-state index contributed by atoms with van der Waals surface area (Å²) in [5, 5.41) is 3.44. The van der Waals surface area contributed by atoms with Gasteiger partial charge < -0.3 is 9.80 Å². The average Bonchev–Trinajstić information content (AvgIpc) is 3.30. The van der Waals surface area contributed by atoms with Crippen LogP contribution in [0.5, 0.6) is 0 Å². The summed E-state index contributed by atoms with van der Waals surface area (Å²) >= 11 is 2.71. The van der Waals surface area contributed by atoms with Crippen molar-refractivity contribution in [3.63, 3.8) is 0 Å². The minimum absolute atomic E-state index is 0.104. The van der Waals surface area contributed by atoms with Gasteiger partial charge in [-0.2, -0.15) is 13.2 Å². The lowest BCUT2D eigenvalue weighted by atomic mass is 10.0. The van der Waals surface area contributed by atoms with E-state index in [4.69, 9.17) is 0 Å². The van der Waals surface area contributed by atoms with Gasteiger partial charge in [0.05, 0.1) is 5.92 Å². The maximum Gasteiger partial charge on any atom is 0.434 e. The predicted molar refractivity (Wildman–Crippen MR) is 90.9 cm³/mol. The number of halogens is 3. The molecule has 0 N–H and O–H groups in total. The Balaban J connectivity index is 1.41. The van der Waals surface area contributed by atoms with Crippen LogP contribution < -0.4 is 4.90 Å². The molecule has 2 aliphatic heterocycles. The van der Waals surface area contributed by atoms with E-state index < -0.39 is 11.9 Å². The number of carbonyl (C=O) groups is 1. The molecule has 25 heavy (non-hydrogen) atoms. The molecule has 1 amide bonds. The first-order valence-corrected chi connectivity index (χ1v) is 9.79. The van der Waals surface area contributed by atoms with E-state index in [0.29, 0.717) is 31.2 Å². The Morgan fingerprint density at radius 2 is 2.12 bits per heavy atom. The van der Waals surface area contributed by atoms with Crippen LogP contribution in [-0.4, -0.2) is 35.4 Å². The molecule has 1 atom stereocenters. The second kappa shape index (κ2) is 6.28. The molecule has 9 heteroatoms. The molecule has 2 aromatic heterocycles. The average molecular weight is 387 g/mol. The number of anilines is 1. The molecule has 0 aliphatic carbocycles. The van der Waals surface area contributed by atoms with Gasteiger partial charge in [-0.3, -0.25) is 4.79 Å². The van der Waals surface area contributed by atoms with Crippen LogP contribution >= 0.6 is 22.7 Å². The van der Waals surface area contributed by atoms with Gasteiger partial charge in [0.25, 0.3) is 0 Å². The van der Waals surface area contributed by atoms with E-state index in [1.807, 2.05) is 4.90 Å². The standard InChI is InChI=1S/C16H16F3N3OS2/c17-16(18,19)13-9-25-15(20-13)22-4-1-11(8-22)14(23)21-5-2-12-10(7-21)3-6-24-12/h3,6,9,11H,1-2,4-5,7-8H2. The molecule has 4 heterocycles. The van der Waals surface area contributed by atoms with Crippen molar-refractivity contribution < 1.29 is 18.0 Å². The molecule has 0 saturated carbocycles. The van der Waals surface area contributed by atoms with E-state index in [-0.39, 0.29) is 11.8 Å². The molecule has 0 radical (unpaired) electrons. The van der Waals surface area contributed by atoms with Crippen LogP contribution in [0.15, 0.2) is 16.8 Å². The smallest absolute Gasteiger partial charge is 0.347 e. The highest BCUT2D eigenvalue weighted by atomic mass is 32.1. The highest BCUT2D eigenvalue weighted by Gasteiger charge is 2.37. The minimum atomic E-state index is -4.42. The van der Waals surface area contributed by atoms with Crippen molar-refractivity contribution in [3.05, 3.63) is 33.0 Å². The summed E-state index contributed by atoms with van der Waals surface area (Å²) in [7, 11) is 0. The van der Waals surface area contributed by atoms with Crippen LogP contribution in [0.1, 0.15) is 22.6 Å². The Labute approximate surface area is 150 Å². The Bertz CT molecular complexity index is 786. The van der Waals surface area contributed by atoms with Gasteiger partial charge in [-0.15, -0.1) is 22.7 Å². The zero-order chi connectivity index (χ0) is 17.6. The number of fused-ring (bicyclic) bond motifs is 1. The second-order valence-corrected chi connectivity index (χ2v) is 8.16. The Hall–Kier alpha value is -1.61. The van der Waals surface area contributed by atoms with E-state index in [1.54, 1.807) is 16.2 Å². The van der Waals surface area contributed by atoms with Gasteiger partial charge in [0, 0.05) is 36.4 Å². The second-order valence-electron chi connectivity index (χ2n) is 6.32. The van der Waals surface area contributed by atoms with Crippen LogP contribution in [0.25, 0.3) is 0 Å². The summed E-state index contributed by atoms with van der Waals surface area (Å²) in [4.78, 5) is 21.5. The molecule has 4 nitrogen and oxygen atoms in total. The van der Waals surface area contributed by atoms with Crippen molar-refractivity contribution in [2.75, 3.05) is 24.5 Å². The van der Waals surface area contributed by atoms with Gasteiger partial charge in [0.1, 0.15) is 0 Å². The lowest BCUT2D eigenvalue weighted by Crippen LogP contribution is -2.40. The molecule has 2 aliphatic rings. The normalized spacial score (nSPS) is 20.8. The van der Waals surface area contributed by atoms with Crippen molar-refractivity contribution in [1.82, 2.24) is 9.88 Å². The Morgan fingerprint density at radius 1 is 1.28 bits per heavy atom. The highest BCUT2D eigenvalue weighted by molar-refractivity contribution is 7.13. The molecular weight excluding hydrogens is 371 g/mol. The molecule has 1 unspecified atom stereocenters. The van der Waals surface area contributed by atoms with Gasteiger partial charge in [-0.05, 0) is 29.9 Å². The molecular formula is C16H16F3N3OS2. The molecule has 0 aromatic carbocycles. The largest absolute Gasteiger partial charge is 0.434 e. The van der Waals surface area contributed by atoms with E-state index in [2.05, 4.69) is 16.4 Å². The zero-order valence-electron chi connectivity index (χ0n) is 13.3. The zero-order valence-corrected chi connectivity index (χ0v) is 14.9. The lowest BCUT2D eigenvalue weighted by Gasteiger charge is -2.29. The first kappa shape index (κ1) is 16.8. The quantitative estimate of drug-likeness (QED) is 0.790. The summed E-state index contributed by atoms with van der Waals surface area (Å²) in [6, 6.07) is 2.06. The molecule has 0 bridgehead atoms. The SMILES string of the molecule is O=C(C1CCN(c2nc(C(F)(F)F)cs2)C1)N1CCc2sccc2C1. The maximum absolute atomic E-state index is 12.8. The Morgan fingerprint density at radius 3 is 2.88 bits per heavy atom. The third-order valence-electron chi connectivity index (χ3n) is 4.71. The van der Waals surface area contributed by atoms with Crippen LogP contribution in [-0.2, 0) is 23.9 Å². The van der Waals surface area contributed by atoms with Crippen LogP contribution in [0.3, 0.4) is 0 Å². The summed E-state index contributed by atoms with van der Waals surface area (Å²) < 4.78 is 38.1. The number of thiophene rings is 1. The van der Waals surface area contributed by atoms with Crippen molar-refractivity contribution in [3.8, 4) is 0 Å². The number of aromatic nitrogens is 1. The summed E-state index contributed by atoms with van der Waals surface area (Å²) in [5.41, 5.74) is 0.359. The van der Waals surface area contributed by atoms with Gasteiger partial charge in [-0.1, -0.05) is 0 Å². The van der Waals surface area contributed by atoms with E-state index in [1.165, 1.54) is 10.4 Å². The van der Waals surface area contributed by atoms with Gasteiger partial charge in [-0.25, -0.2) is 4.98 Å². The van der Waals surface area contributed by atoms with E-state index >= 15 is 0 Å². The number of nitrogens with zero attached hydrogens (tertiary/aromatic N) is 3. The van der Waals surface area contributed by atoms with Crippen LogP contribution in [0.4, 0.5) is 18.3 Å². The molecule has 4 rings (SSSR count). The van der Waals surface area contributed by atoms with Gasteiger partial charge in [0.15, 0.2) is 10.8 Å². The summed E-state index contributed by atoms with van der Waals surface area (Å²) in [6.07, 6.45) is -2.88. The fraction of sp³-hybridized carbons (Fsp3) is 0.500. The summed E-state index contributed by atoms with van der Waals surface area (Å²) in [6.45, 7) is 2.37. The predicted octanol–water partition coefficient (Wildman–Crippen LogP) is 3.63. The van der Waals surface area contributed by atoms with E-state index in [0.717, 1.165) is 29.7 Å². The molecule has 1 fully saturated rings. The third kappa shape index (κ3) is 3.27. The number of hydrogen-bond donors (Lipinski definition) is 0. The van der Waals surface area contributed by atoms with Crippen molar-refractivity contribution in [2.24, 2.45) is 5.92 Å². The van der Waals surface area contributed by atoms with Crippen LogP contribution in [0.2, 0.25) is 0 Å². The number of hydrogen-bond acceptors (Lipinski definition) is 5. The van der Waals surface area contributed by atoms with Crippen molar-refractivity contribution in [1.29, 1.82) is 0 Å². The number of alkyl halides is 3. The van der Waals surface area contributed by atoms with Gasteiger partial charge >= 0.3 is 6.18 Å². The molecule has 1 saturated heterocycles. The fourth-order valence-electron chi connectivity index (χ4n) is 3.37. The lowest BCUT2D eigenvalue weighted by molar-refractivity contribution is -0.140. The highest BCUT2D eigenvalue weighted by Crippen LogP contribution is 2.35. The monoisotopic (exact) mass is 387 g/mol. The third-order valence-corrected chi connectivity index (χ3v) is 6.63.